The molecule has 1 atom stereocenters. The summed E-state index contributed by atoms with van der Waals surface area (Å²) >= 11 is 3.05. The predicted octanol–water partition coefficient (Wildman–Crippen LogP) is 3.87. The number of carbonyl (C=O) groups excluding carboxylic acids is 1. The Morgan fingerprint density at radius 1 is 1.39 bits per heavy atom. The summed E-state index contributed by atoms with van der Waals surface area (Å²) in [5, 5.41) is 0. The first-order valence-corrected chi connectivity index (χ1v) is 6.67. The number of carbonyl (C=O) groups is 1. The maximum atomic E-state index is 13.4. The van der Waals surface area contributed by atoms with Gasteiger partial charge < -0.3 is 4.74 Å². The third-order valence-corrected chi connectivity index (χ3v) is 3.70. The lowest BCUT2D eigenvalue weighted by atomic mass is 10.0. The molecular formula is C13H13BrF2O2. The Morgan fingerprint density at radius 3 is 2.78 bits per heavy atom. The lowest BCUT2D eigenvalue weighted by Crippen LogP contribution is -2.11. The van der Waals surface area contributed by atoms with Crippen LogP contribution in [0.1, 0.15) is 25.7 Å². The van der Waals surface area contributed by atoms with Crippen LogP contribution in [0.2, 0.25) is 0 Å². The average Bonchev–Trinajstić information content (AvgIpc) is 2.68. The number of benzene rings is 1. The minimum absolute atomic E-state index is 0.00171. The minimum Gasteiger partial charge on any atom is -0.489 e. The van der Waals surface area contributed by atoms with Gasteiger partial charge in [-0.15, -0.1) is 0 Å². The van der Waals surface area contributed by atoms with Gasteiger partial charge in [0.15, 0.2) is 11.6 Å². The molecule has 1 aromatic carbocycles. The van der Waals surface area contributed by atoms with Gasteiger partial charge in [0, 0.05) is 18.4 Å². The normalized spacial score (nSPS) is 19.3. The highest BCUT2D eigenvalue weighted by Crippen LogP contribution is 2.30. The van der Waals surface area contributed by atoms with Gasteiger partial charge in [0.05, 0.1) is 11.1 Å². The number of Topliss-reactive ketones (excluding diaryl/α,β-unsaturated/α-hetero) is 1. The molecule has 1 unspecified atom stereocenters. The Kier molecular flexibility index (Phi) is 4.32. The third kappa shape index (κ3) is 3.07. The summed E-state index contributed by atoms with van der Waals surface area (Å²) < 4.78 is 31.8. The zero-order valence-electron chi connectivity index (χ0n) is 9.72. The molecule has 0 saturated heterocycles. The Labute approximate surface area is 112 Å². The molecule has 5 heteroatoms. The molecular weight excluding hydrogens is 306 g/mol. The summed E-state index contributed by atoms with van der Waals surface area (Å²) in [6, 6.07) is 1.93. The van der Waals surface area contributed by atoms with E-state index in [1.54, 1.807) is 0 Å². The Morgan fingerprint density at radius 2 is 2.17 bits per heavy atom. The van der Waals surface area contributed by atoms with Crippen molar-refractivity contribution in [2.75, 3.05) is 6.61 Å². The van der Waals surface area contributed by atoms with Gasteiger partial charge >= 0.3 is 0 Å². The van der Waals surface area contributed by atoms with E-state index in [1.807, 2.05) is 0 Å². The van der Waals surface area contributed by atoms with Gasteiger partial charge in [0.2, 0.25) is 0 Å². The molecule has 1 aliphatic rings. The van der Waals surface area contributed by atoms with Crippen LogP contribution in [0.15, 0.2) is 16.6 Å². The molecule has 2 rings (SSSR count). The van der Waals surface area contributed by atoms with Gasteiger partial charge in [-0.3, -0.25) is 4.79 Å². The first-order valence-electron chi connectivity index (χ1n) is 5.88. The van der Waals surface area contributed by atoms with E-state index in [1.165, 1.54) is 0 Å². The van der Waals surface area contributed by atoms with Crippen molar-refractivity contribution in [2.45, 2.75) is 25.7 Å². The van der Waals surface area contributed by atoms with E-state index in [-0.39, 0.29) is 28.5 Å². The highest BCUT2D eigenvalue weighted by molar-refractivity contribution is 9.10. The molecule has 0 amide bonds. The molecule has 0 heterocycles. The quantitative estimate of drug-likeness (QED) is 0.842. The molecule has 18 heavy (non-hydrogen) atoms. The maximum absolute atomic E-state index is 13.4. The van der Waals surface area contributed by atoms with Crippen LogP contribution in [0.25, 0.3) is 0 Å². The Hall–Kier alpha value is -0.970. The fourth-order valence-electron chi connectivity index (χ4n) is 2.16. The number of hydrogen-bond acceptors (Lipinski definition) is 2. The van der Waals surface area contributed by atoms with Gasteiger partial charge in [0.25, 0.3) is 0 Å². The SMILES string of the molecule is O=C1CCCC1CCOc1c(F)cc(F)cc1Br. The zero-order valence-corrected chi connectivity index (χ0v) is 11.3. The van der Waals surface area contributed by atoms with Crippen molar-refractivity contribution in [3.8, 4) is 5.75 Å². The smallest absolute Gasteiger partial charge is 0.169 e. The van der Waals surface area contributed by atoms with E-state index < -0.39 is 11.6 Å². The number of ketones is 1. The Balaban J connectivity index is 1.92. The van der Waals surface area contributed by atoms with E-state index in [9.17, 15) is 13.6 Å². The number of rotatable bonds is 4. The van der Waals surface area contributed by atoms with Crippen LogP contribution in [0.5, 0.6) is 5.75 Å². The summed E-state index contributed by atoms with van der Waals surface area (Å²) in [4.78, 5) is 11.4. The van der Waals surface area contributed by atoms with E-state index in [2.05, 4.69) is 15.9 Å². The third-order valence-electron chi connectivity index (χ3n) is 3.11. The van der Waals surface area contributed by atoms with Crippen molar-refractivity contribution in [3.05, 3.63) is 28.2 Å². The fourth-order valence-corrected chi connectivity index (χ4v) is 2.69. The number of halogens is 3. The fraction of sp³-hybridized carbons (Fsp3) is 0.462. The van der Waals surface area contributed by atoms with Crippen molar-refractivity contribution >= 4 is 21.7 Å². The molecule has 1 saturated carbocycles. The van der Waals surface area contributed by atoms with Gasteiger partial charge in [0.1, 0.15) is 11.6 Å². The molecule has 0 radical (unpaired) electrons. The molecule has 0 aromatic heterocycles. The van der Waals surface area contributed by atoms with Crippen molar-refractivity contribution in [1.29, 1.82) is 0 Å². The monoisotopic (exact) mass is 318 g/mol. The zero-order chi connectivity index (χ0) is 13.1. The summed E-state index contributed by atoms with van der Waals surface area (Å²) in [7, 11) is 0. The minimum atomic E-state index is -0.736. The number of ether oxygens (including phenoxy) is 1. The van der Waals surface area contributed by atoms with Crippen molar-refractivity contribution < 1.29 is 18.3 Å². The van der Waals surface area contributed by atoms with Crippen molar-refractivity contribution in [3.63, 3.8) is 0 Å². The van der Waals surface area contributed by atoms with Crippen LogP contribution in [-0.4, -0.2) is 12.4 Å². The van der Waals surface area contributed by atoms with Gasteiger partial charge in [-0.2, -0.15) is 0 Å². The molecule has 1 fully saturated rings. The summed E-state index contributed by atoms with van der Waals surface area (Å²) in [5.41, 5.74) is 0. The molecule has 0 N–H and O–H groups in total. The van der Waals surface area contributed by atoms with Crippen LogP contribution >= 0.6 is 15.9 Å². The second kappa shape index (κ2) is 5.78. The molecule has 1 aliphatic carbocycles. The molecule has 98 valence electrons. The topological polar surface area (TPSA) is 26.3 Å². The molecule has 1 aromatic rings. The average molecular weight is 319 g/mol. The maximum Gasteiger partial charge on any atom is 0.169 e. The van der Waals surface area contributed by atoms with Crippen LogP contribution in [0.4, 0.5) is 8.78 Å². The van der Waals surface area contributed by atoms with Gasteiger partial charge in [-0.05, 0) is 41.3 Å². The largest absolute Gasteiger partial charge is 0.489 e. The van der Waals surface area contributed by atoms with E-state index in [0.717, 1.165) is 25.0 Å². The summed E-state index contributed by atoms with van der Waals surface area (Å²) in [6.45, 7) is 0.261. The van der Waals surface area contributed by atoms with Crippen molar-refractivity contribution in [2.24, 2.45) is 5.92 Å². The Bertz CT molecular complexity index is 439. The summed E-state index contributed by atoms with van der Waals surface area (Å²) in [6.07, 6.45) is 3.04. The first-order chi connectivity index (χ1) is 8.58. The van der Waals surface area contributed by atoms with E-state index >= 15 is 0 Å². The van der Waals surface area contributed by atoms with Crippen LogP contribution in [0, 0.1) is 17.6 Å². The highest BCUT2D eigenvalue weighted by Gasteiger charge is 2.24. The lowest BCUT2D eigenvalue weighted by molar-refractivity contribution is -0.121. The molecule has 2 nitrogen and oxygen atoms in total. The second-order valence-electron chi connectivity index (χ2n) is 4.39. The molecule has 0 spiro atoms. The van der Waals surface area contributed by atoms with E-state index in [0.29, 0.717) is 12.8 Å². The standard InChI is InChI=1S/C13H13BrF2O2/c14-10-6-9(15)7-11(16)13(10)18-5-4-8-2-1-3-12(8)17/h6-8H,1-5H2. The van der Waals surface area contributed by atoms with Gasteiger partial charge in [-0.25, -0.2) is 8.78 Å². The van der Waals surface area contributed by atoms with Gasteiger partial charge in [-0.1, -0.05) is 0 Å². The van der Waals surface area contributed by atoms with Crippen molar-refractivity contribution in [1.82, 2.24) is 0 Å². The second-order valence-corrected chi connectivity index (χ2v) is 5.25. The van der Waals surface area contributed by atoms with Crippen LogP contribution < -0.4 is 4.74 Å². The first kappa shape index (κ1) is 13.5. The van der Waals surface area contributed by atoms with Crippen LogP contribution in [-0.2, 0) is 4.79 Å². The molecule has 0 aliphatic heterocycles. The predicted molar refractivity (Wildman–Crippen MR) is 66.5 cm³/mol. The number of hydrogen-bond donors (Lipinski definition) is 0. The highest BCUT2D eigenvalue weighted by atomic mass is 79.9. The molecule has 0 bridgehead atoms. The summed E-state index contributed by atoms with van der Waals surface area (Å²) in [5.74, 6) is -1.09. The lowest BCUT2D eigenvalue weighted by Gasteiger charge is -2.11. The van der Waals surface area contributed by atoms with Crippen LogP contribution in [0.3, 0.4) is 0 Å². The van der Waals surface area contributed by atoms with E-state index in [4.69, 9.17) is 4.74 Å².